The minimum atomic E-state index is 0.145. The second-order valence-corrected chi connectivity index (χ2v) is 5.30. The van der Waals surface area contributed by atoms with Gasteiger partial charge < -0.3 is 10.2 Å². The topological polar surface area (TPSA) is 83.9 Å². The lowest BCUT2D eigenvalue weighted by atomic mass is 9.93. The Hall–Kier alpha value is -2.57. The minimum absolute atomic E-state index is 0.145. The van der Waals surface area contributed by atoms with Crippen molar-refractivity contribution in [2.45, 2.75) is 25.7 Å². The first kappa shape index (κ1) is 14.4. The molecule has 22 heavy (non-hydrogen) atoms. The van der Waals surface area contributed by atoms with Gasteiger partial charge in [-0.2, -0.15) is 0 Å². The van der Waals surface area contributed by atoms with Crippen molar-refractivity contribution in [3.8, 4) is 0 Å². The van der Waals surface area contributed by atoms with Crippen LogP contribution in [-0.2, 0) is 4.79 Å². The Morgan fingerprint density at radius 2 is 2.05 bits per heavy atom. The van der Waals surface area contributed by atoms with E-state index in [2.05, 4.69) is 25.3 Å². The highest BCUT2D eigenvalue weighted by atomic mass is 16.2. The van der Waals surface area contributed by atoms with Crippen molar-refractivity contribution in [3.05, 3.63) is 36.5 Å². The van der Waals surface area contributed by atoms with Gasteiger partial charge in [0, 0.05) is 50.2 Å². The summed E-state index contributed by atoms with van der Waals surface area (Å²) in [6, 6.07) is 1.94. The van der Waals surface area contributed by atoms with Gasteiger partial charge in [0.15, 0.2) is 5.82 Å². The number of nitrogens with one attached hydrogen (secondary N) is 1. The summed E-state index contributed by atoms with van der Waals surface area (Å²) in [5.74, 6) is 1.64. The van der Waals surface area contributed by atoms with Gasteiger partial charge in [0.25, 0.3) is 0 Å². The third-order valence-corrected chi connectivity index (χ3v) is 3.84. The molecule has 3 heterocycles. The van der Waals surface area contributed by atoms with Gasteiger partial charge in [0.1, 0.15) is 0 Å². The van der Waals surface area contributed by atoms with Crippen LogP contribution in [0.3, 0.4) is 0 Å². The Balaban J connectivity index is 1.68. The molecule has 0 aromatic carbocycles. The molecule has 1 fully saturated rings. The van der Waals surface area contributed by atoms with E-state index in [0.29, 0.717) is 17.7 Å². The van der Waals surface area contributed by atoms with Crippen molar-refractivity contribution in [2.24, 2.45) is 0 Å². The van der Waals surface area contributed by atoms with Crippen molar-refractivity contribution in [1.29, 1.82) is 0 Å². The van der Waals surface area contributed by atoms with Crippen LogP contribution in [0.1, 0.15) is 31.4 Å². The first-order valence-electron chi connectivity index (χ1n) is 7.34. The largest absolute Gasteiger partial charge is 0.343 e. The van der Waals surface area contributed by atoms with E-state index in [-0.39, 0.29) is 5.91 Å². The molecule has 1 aliphatic rings. The number of carbonyl (C=O) groups is 1. The number of nitrogens with zero attached hydrogens (tertiary/aromatic N) is 5. The maximum atomic E-state index is 11.4. The van der Waals surface area contributed by atoms with E-state index < -0.39 is 0 Å². The highest BCUT2D eigenvalue weighted by Crippen LogP contribution is 2.27. The van der Waals surface area contributed by atoms with E-state index in [4.69, 9.17) is 0 Å². The Kier molecular flexibility index (Phi) is 4.22. The fraction of sp³-hybridized carbons (Fsp3) is 0.400. The minimum Gasteiger partial charge on any atom is -0.343 e. The highest BCUT2D eigenvalue weighted by Gasteiger charge is 2.23. The first-order valence-corrected chi connectivity index (χ1v) is 7.34. The van der Waals surface area contributed by atoms with Gasteiger partial charge in [-0.3, -0.25) is 9.78 Å². The molecule has 1 aliphatic heterocycles. The van der Waals surface area contributed by atoms with Crippen LogP contribution >= 0.6 is 0 Å². The van der Waals surface area contributed by atoms with Gasteiger partial charge in [-0.05, 0) is 18.9 Å². The second-order valence-electron chi connectivity index (χ2n) is 5.30. The monoisotopic (exact) mass is 298 g/mol. The Labute approximate surface area is 128 Å². The number of piperidine rings is 1. The molecule has 1 amide bonds. The lowest BCUT2D eigenvalue weighted by Gasteiger charge is -2.31. The van der Waals surface area contributed by atoms with Crippen molar-refractivity contribution in [3.63, 3.8) is 0 Å². The van der Waals surface area contributed by atoms with E-state index in [0.717, 1.165) is 31.6 Å². The summed E-state index contributed by atoms with van der Waals surface area (Å²) < 4.78 is 0. The lowest BCUT2D eigenvalue weighted by molar-refractivity contribution is -0.129. The average Bonchev–Trinajstić information content (AvgIpc) is 2.56. The van der Waals surface area contributed by atoms with Crippen molar-refractivity contribution in [1.82, 2.24) is 24.8 Å². The number of likely N-dealkylation sites (tertiary alicyclic amines) is 1. The van der Waals surface area contributed by atoms with E-state index in [1.165, 1.54) is 0 Å². The summed E-state index contributed by atoms with van der Waals surface area (Å²) >= 11 is 0. The Morgan fingerprint density at radius 1 is 1.23 bits per heavy atom. The molecular weight excluding hydrogens is 280 g/mol. The third-order valence-electron chi connectivity index (χ3n) is 3.84. The average molecular weight is 298 g/mol. The van der Waals surface area contributed by atoms with E-state index >= 15 is 0 Å². The Morgan fingerprint density at radius 3 is 2.73 bits per heavy atom. The molecular formula is C15H18N6O. The summed E-state index contributed by atoms with van der Waals surface area (Å²) in [5.41, 5.74) is 1.00. The standard InChI is InChI=1S/C15H18N6O/c1-11(22)21-8-3-12(4-9-21)13-2-5-18-15(19-13)20-14-10-16-6-7-17-14/h2,5-7,10,12H,3-4,8-9H2,1H3,(H,17,18,19,20). The molecule has 0 saturated carbocycles. The van der Waals surface area contributed by atoms with Gasteiger partial charge in [0.2, 0.25) is 11.9 Å². The second kappa shape index (κ2) is 6.46. The molecule has 1 N–H and O–H groups in total. The van der Waals surface area contributed by atoms with Crippen LogP contribution in [-0.4, -0.2) is 43.8 Å². The zero-order valence-electron chi connectivity index (χ0n) is 12.4. The molecule has 0 spiro atoms. The number of rotatable bonds is 3. The van der Waals surface area contributed by atoms with Crippen molar-refractivity contribution >= 4 is 17.7 Å². The summed E-state index contributed by atoms with van der Waals surface area (Å²) in [6.07, 6.45) is 8.47. The predicted molar refractivity (Wildman–Crippen MR) is 81.6 cm³/mol. The maximum Gasteiger partial charge on any atom is 0.228 e. The number of hydrogen-bond donors (Lipinski definition) is 1. The van der Waals surface area contributed by atoms with Gasteiger partial charge in [-0.15, -0.1) is 0 Å². The predicted octanol–water partition coefficient (Wildman–Crippen LogP) is 1.74. The maximum absolute atomic E-state index is 11.4. The number of carbonyl (C=O) groups excluding carboxylic acids is 1. The SMILES string of the molecule is CC(=O)N1CCC(c2ccnc(Nc3cnccn3)n2)CC1. The summed E-state index contributed by atoms with van der Waals surface area (Å²) in [6.45, 7) is 3.20. The van der Waals surface area contributed by atoms with Crippen LogP contribution in [0, 0.1) is 0 Å². The van der Waals surface area contributed by atoms with Crippen LogP contribution in [0.4, 0.5) is 11.8 Å². The van der Waals surface area contributed by atoms with Gasteiger partial charge in [-0.25, -0.2) is 15.0 Å². The summed E-state index contributed by atoms with van der Waals surface area (Å²) in [7, 11) is 0. The molecule has 0 bridgehead atoms. The quantitative estimate of drug-likeness (QED) is 0.929. The van der Waals surface area contributed by atoms with Crippen molar-refractivity contribution in [2.75, 3.05) is 18.4 Å². The van der Waals surface area contributed by atoms with Crippen LogP contribution in [0.5, 0.6) is 0 Å². The number of anilines is 2. The van der Waals surface area contributed by atoms with E-state index in [9.17, 15) is 4.79 Å². The third kappa shape index (κ3) is 3.36. The van der Waals surface area contributed by atoms with Gasteiger partial charge in [0.05, 0.1) is 6.20 Å². The van der Waals surface area contributed by atoms with Crippen LogP contribution in [0.25, 0.3) is 0 Å². The lowest BCUT2D eigenvalue weighted by Crippen LogP contribution is -2.36. The smallest absolute Gasteiger partial charge is 0.228 e. The molecule has 0 atom stereocenters. The number of amides is 1. The Bertz CT molecular complexity index is 639. The van der Waals surface area contributed by atoms with Gasteiger partial charge in [-0.1, -0.05) is 0 Å². The fourth-order valence-corrected chi connectivity index (χ4v) is 2.63. The van der Waals surface area contributed by atoms with E-state index in [1.807, 2.05) is 11.0 Å². The molecule has 7 nitrogen and oxygen atoms in total. The molecule has 114 valence electrons. The van der Waals surface area contributed by atoms with E-state index in [1.54, 1.807) is 31.7 Å². The number of hydrogen-bond acceptors (Lipinski definition) is 6. The summed E-state index contributed by atoms with van der Waals surface area (Å²) in [4.78, 5) is 30.2. The molecule has 0 aliphatic carbocycles. The summed E-state index contributed by atoms with van der Waals surface area (Å²) in [5, 5.41) is 3.05. The normalized spacial score (nSPS) is 15.6. The molecule has 2 aromatic rings. The fourth-order valence-electron chi connectivity index (χ4n) is 2.63. The van der Waals surface area contributed by atoms with Crippen LogP contribution in [0.2, 0.25) is 0 Å². The molecule has 7 heteroatoms. The molecule has 1 saturated heterocycles. The number of aromatic nitrogens is 4. The highest BCUT2D eigenvalue weighted by molar-refractivity contribution is 5.73. The molecule has 2 aromatic heterocycles. The zero-order chi connectivity index (χ0) is 15.4. The van der Waals surface area contributed by atoms with Crippen molar-refractivity contribution < 1.29 is 4.79 Å². The molecule has 3 rings (SSSR count). The first-order chi connectivity index (χ1) is 10.7. The van der Waals surface area contributed by atoms with Crippen LogP contribution < -0.4 is 5.32 Å². The van der Waals surface area contributed by atoms with Crippen LogP contribution in [0.15, 0.2) is 30.9 Å². The molecule has 0 radical (unpaired) electrons. The zero-order valence-corrected chi connectivity index (χ0v) is 12.4. The molecule has 0 unspecified atom stereocenters. The van der Waals surface area contributed by atoms with Gasteiger partial charge >= 0.3 is 0 Å².